The molecule has 1 aromatic carbocycles. The molecule has 2 atom stereocenters. The highest BCUT2D eigenvalue weighted by Gasteiger charge is 2.34. The zero-order valence-electron chi connectivity index (χ0n) is 25.3. The number of nitrogens with zero attached hydrogens (tertiary/aromatic N) is 3. The molecule has 1 aliphatic carbocycles. The molecule has 0 bridgehead atoms. The molecule has 2 N–H and O–H groups in total. The molecule has 12 heteroatoms. The van der Waals surface area contributed by atoms with E-state index in [9.17, 15) is 13.8 Å². The van der Waals surface area contributed by atoms with Crippen LogP contribution in [-0.4, -0.2) is 69.3 Å². The summed E-state index contributed by atoms with van der Waals surface area (Å²) in [5.41, 5.74) is 1.04. The Bertz CT molecular complexity index is 1550. The van der Waals surface area contributed by atoms with Gasteiger partial charge in [0, 0.05) is 36.5 Å². The van der Waals surface area contributed by atoms with Crippen molar-refractivity contribution < 1.29 is 23.3 Å². The molecule has 1 saturated carbocycles. The first kappa shape index (κ1) is 31.2. The smallest absolute Gasteiger partial charge is 0.410 e. The van der Waals surface area contributed by atoms with Gasteiger partial charge in [-0.25, -0.2) is 23.7 Å². The standard InChI is InChI=1S/C31H41N5O5S2/c1-31(2,3)41-30(38)36-18-21(19-36)17-32-43(5,39)23-12-10-22(11-13-23)24(16-20-8-6-7-9-20)27(37)35-29-33-25-14-15-26(40-4)34-28(25)42-29/h10-15,20-21,24H,5-9,16-19H2,1-4H3,(H,32,39)(H,33,35,37). The third kappa shape index (κ3) is 7.84. The van der Waals surface area contributed by atoms with Gasteiger partial charge in [0.25, 0.3) is 0 Å². The highest BCUT2D eigenvalue weighted by molar-refractivity contribution is 7.98. The summed E-state index contributed by atoms with van der Waals surface area (Å²) in [7, 11) is -1.20. The Labute approximate surface area is 257 Å². The van der Waals surface area contributed by atoms with E-state index < -0.39 is 15.3 Å². The molecular weight excluding hydrogens is 587 g/mol. The van der Waals surface area contributed by atoms with Crippen molar-refractivity contribution in [3.63, 3.8) is 0 Å². The number of nitrogens with one attached hydrogen (secondary N) is 2. The number of amides is 2. The number of methoxy groups -OCH3 is 1. The summed E-state index contributed by atoms with van der Waals surface area (Å²) in [6.45, 7) is 7.09. The van der Waals surface area contributed by atoms with Gasteiger partial charge in [0.15, 0.2) is 5.13 Å². The predicted molar refractivity (Wildman–Crippen MR) is 171 cm³/mol. The average molecular weight is 628 g/mol. The van der Waals surface area contributed by atoms with Crippen LogP contribution in [-0.2, 0) is 19.2 Å². The van der Waals surface area contributed by atoms with Crippen LogP contribution < -0.4 is 14.8 Å². The molecule has 10 nitrogen and oxygen atoms in total. The zero-order chi connectivity index (χ0) is 30.8. The SMILES string of the molecule is C=S(=O)(NCC1CN(C(=O)OC(C)(C)C)C1)c1ccc(C(CC2CCCC2)C(=O)Nc2nc3ccc(OC)nc3s2)cc1. The van der Waals surface area contributed by atoms with Crippen molar-refractivity contribution >= 4 is 54.4 Å². The lowest BCUT2D eigenvalue weighted by atomic mass is 9.87. The van der Waals surface area contributed by atoms with Gasteiger partial charge >= 0.3 is 6.09 Å². The van der Waals surface area contributed by atoms with Gasteiger partial charge in [-0.15, -0.1) is 0 Å². The quantitative estimate of drug-likeness (QED) is 0.287. The number of carbonyl (C=O) groups is 2. The van der Waals surface area contributed by atoms with E-state index >= 15 is 0 Å². The van der Waals surface area contributed by atoms with Crippen molar-refractivity contribution in [2.24, 2.45) is 11.8 Å². The predicted octanol–water partition coefficient (Wildman–Crippen LogP) is 5.45. The lowest BCUT2D eigenvalue weighted by molar-refractivity contribution is -0.118. The van der Waals surface area contributed by atoms with Crippen LogP contribution in [0.4, 0.5) is 9.93 Å². The highest BCUT2D eigenvalue weighted by Crippen LogP contribution is 2.36. The number of likely N-dealkylation sites (tertiary alicyclic amines) is 1. The number of fused-ring (bicyclic) bond motifs is 1. The maximum absolute atomic E-state index is 13.6. The molecule has 1 saturated heterocycles. The van der Waals surface area contributed by atoms with Crippen LogP contribution in [0.15, 0.2) is 41.3 Å². The molecular formula is C31H41N5O5S2. The number of hydrogen-bond acceptors (Lipinski definition) is 8. The zero-order valence-corrected chi connectivity index (χ0v) is 26.9. The third-order valence-electron chi connectivity index (χ3n) is 7.91. The summed E-state index contributed by atoms with van der Waals surface area (Å²) in [6.07, 6.45) is 5.04. The minimum Gasteiger partial charge on any atom is -0.481 e. The number of aromatic nitrogens is 2. The number of hydrogen-bond donors (Lipinski definition) is 2. The lowest BCUT2D eigenvalue weighted by Gasteiger charge is -2.40. The van der Waals surface area contributed by atoms with Crippen LogP contribution >= 0.6 is 11.3 Å². The molecule has 2 aromatic heterocycles. The maximum atomic E-state index is 13.6. The Morgan fingerprint density at radius 1 is 1.09 bits per heavy atom. The Kier molecular flexibility index (Phi) is 9.29. The number of thiazole rings is 1. The maximum Gasteiger partial charge on any atom is 0.410 e. The minimum atomic E-state index is -2.76. The molecule has 0 radical (unpaired) electrons. The number of benzene rings is 1. The molecule has 232 valence electrons. The number of pyridine rings is 1. The van der Waals surface area contributed by atoms with E-state index in [1.54, 1.807) is 30.2 Å². The van der Waals surface area contributed by atoms with Gasteiger partial charge in [-0.1, -0.05) is 49.2 Å². The van der Waals surface area contributed by atoms with E-state index in [0.717, 1.165) is 24.8 Å². The summed E-state index contributed by atoms with van der Waals surface area (Å²) in [5, 5.41) is 3.53. The van der Waals surface area contributed by atoms with Gasteiger partial charge in [-0.05, 0) is 62.7 Å². The van der Waals surface area contributed by atoms with Gasteiger partial charge in [-0.3, -0.25) is 4.79 Å². The van der Waals surface area contributed by atoms with Gasteiger partial charge < -0.3 is 19.7 Å². The molecule has 2 fully saturated rings. The molecule has 1 aliphatic heterocycles. The van der Waals surface area contributed by atoms with Gasteiger partial charge in [0.1, 0.15) is 15.9 Å². The molecule has 0 spiro atoms. The van der Waals surface area contributed by atoms with E-state index in [4.69, 9.17) is 9.47 Å². The Balaban J connectivity index is 1.23. The second-order valence-electron chi connectivity index (χ2n) is 12.5. The largest absolute Gasteiger partial charge is 0.481 e. The Morgan fingerprint density at radius 3 is 2.44 bits per heavy atom. The van der Waals surface area contributed by atoms with Crippen LogP contribution in [0, 0.1) is 11.8 Å². The molecule has 2 unspecified atom stereocenters. The second kappa shape index (κ2) is 12.8. The summed E-state index contributed by atoms with van der Waals surface area (Å²) in [5.74, 6) is 4.64. The van der Waals surface area contributed by atoms with E-state index in [-0.39, 0.29) is 23.8 Å². The first-order chi connectivity index (χ1) is 20.4. The van der Waals surface area contributed by atoms with Crippen molar-refractivity contribution in [3.05, 3.63) is 42.0 Å². The molecule has 5 rings (SSSR count). The van der Waals surface area contributed by atoms with Crippen molar-refractivity contribution in [1.82, 2.24) is 19.6 Å². The number of ether oxygens (including phenoxy) is 2. The topological polar surface area (TPSA) is 123 Å². The monoisotopic (exact) mass is 627 g/mol. The minimum absolute atomic E-state index is 0.112. The van der Waals surface area contributed by atoms with Gasteiger partial charge in [0.05, 0.1) is 22.7 Å². The fraction of sp³-hybridized carbons (Fsp3) is 0.516. The van der Waals surface area contributed by atoms with Gasteiger partial charge in [0.2, 0.25) is 11.8 Å². The molecule has 2 amide bonds. The van der Waals surface area contributed by atoms with E-state index in [0.29, 0.717) is 51.8 Å². The average Bonchev–Trinajstić information content (AvgIpc) is 3.58. The van der Waals surface area contributed by atoms with Crippen LogP contribution in [0.3, 0.4) is 0 Å². The Morgan fingerprint density at radius 2 is 1.79 bits per heavy atom. The fourth-order valence-corrected chi connectivity index (χ4v) is 7.64. The molecule has 43 heavy (non-hydrogen) atoms. The normalized spacial score (nSPS) is 18.2. The van der Waals surface area contributed by atoms with E-state index in [2.05, 4.69) is 25.9 Å². The Hall–Kier alpha value is -3.22. The van der Waals surface area contributed by atoms with Gasteiger partial charge in [-0.2, -0.15) is 0 Å². The number of rotatable bonds is 10. The molecule has 3 aromatic rings. The third-order valence-corrected chi connectivity index (χ3v) is 10.5. The highest BCUT2D eigenvalue weighted by atomic mass is 32.2. The first-order valence-electron chi connectivity index (χ1n) is 14.7. The second-order valence-corrected chi connectivity index (χ2v) is 15.6. The van der Waals surface area contributed by atoms with E-state index in [1.807, 2.05) is 39.0 Å². The van der Waals surface area contributed by atoms with Crippen LogP contribution in [0.2, 0.25) is 0 Å². The summed E-state index contributed by atoms with van der Waals surface area (Å²) >= 11 is 1.32. The first-order valence-corrected chi connectivity index (χ1v) is 17.3. The molecule has 2 aliphatic rings. The van der Waals surface area contributed by atoms with Crippen molar-refractivity contribution in [2.75, 3.05) is 32.1 Å². The van der Waals surface area contributed by atoms with Crippen molar-refractivity contribution in [3.8, 4) is 5.88 Å². The van der Waals surface area contributed by atoms with Crippen LogP contribution in [0.5, 0.6) is 5.88 Å². The number of anilines is 1. The van der Waals surface area contributed by atoms with Crippen LogP contribution in [0.1, 0.15) is 64.4 Å². The van der Waals surface area contributed by atoms with Crippen LogP contribution in [0.25, 0.3) is 10.3 Å². The molecule has 3 heterocycles. The summed E-state index contributed by atoms with van der Waals surface area (Å²) < 4.78 is 27.2. The summed E-state index contributed by atoms with van der Waals surface area (Å²) in [6, 6.07) is 11.0. The van der Waals surface area contributed by atoms with Crippen molar-refractivity contribution in [1.29, 1.82) is 0 Å². The number of carbonyl (C=O) groups excluding carboxylic acids is 2. The van der Waals surface area contributed by atoms with E-state index in [1.165, 1.54) is 24.2 Å². The summed E-state index contributed by atoms with van der Waals surface area (Å²) in [4.78, 5) is 37.7. The fourth-order valence-electron chi connectivity index (χ4n) is 5.56. The lowest BCUT2D eigenvalue weighted by Crippen LogP contribution is -2.54. The van der Waals surface area contributed by atoms with Crippen molar-refractivity contribution in [2.45, 2.75) is 69.3 Å².